The Morgan fingerprint density at radius 3 is 2.31 bits per heavy atom. The van der Waals surface area contributed by atoms with Crippen molar-refractivity contribution in [3.05, 3.63) is 101 Å². The number of rotatable bonds is 11. The molecule has 282 valence electrons. The molecule has 5 aromatic rings. The second-order valence-electron chi connectivity index (χ2n) is 13.5. The van der Waals surface area contributed by atoms with Crippen LogP contribution in [0.2, 0.25) is 10.0 Å². The fraction of sp³-hybridized carbons (Fsp3) is 0.351. The van der Waals surface area contributed by atoms with Gasteiger partial charge in [-0.15, -0.1) is 0 Å². The number of carbonyl (C=O) groups excluding carboxylic acids is 2. The number of benzene rings is 2. The van der Waals surface area contributed by atoms with Crippen molar-refractivity contribution in [1.82, 2.24) is 35.1 Å². The Balaban J connectivity index is 1.22. The quantitative estimate of drug-likeness (QED) is 0.103. The Labute approximate surface area is 320 Å². The lowest BCUT2D eigenvalue weighted by Gasteiger charge is -2.30. The molecule has 1 saturated heterocycles. The number of halogens is 2. The Morgan fingerprint density at radius 2 is 1.67 bits per heavy atom. The van der Waals surface area contributed by atoms with E-state index in [0.29, 0.717) is 69.3 Å². The van der Waals surface area contributed by atoms with Gasteiger partial charge in [-0.25, -0.2) is 9.78 Å². The number of hydrogen-bond acceptors (Lipinski definition) is 11. The van der Waals surface area contributed by atoms with Crippen LogP contribution >= 0.6 is 23.2 Å². The normalized spacial score (nSPS) is 21.3. The lowest BCUT2D eigenvalue weighted by atomic mass is 9.86. The lowest BCUT2D eigenvalue weighted by Crippen LogP contribution is -2.42. The zero-order valence-corrected chi connectivity index (χ0v) is 30.7. The number of nitrogens with one attached hydrogen (secondary N) is 4. The molecule has 2 aromatic carbocycles. The molecule has 1 saturated carbocycles. The summed E-state index contributed by atoms with van der Waals surface area (Å²) in [5.74, 6) is 0.400. The van der Waals surface area contributed by atoms with Gasteiger partial charge in [-0.05, 0) is 60.4 Å². The van der Waals surface area contributed by atoms with Gasteiger partial charge in [0.25, 0.3) is 0 Å². The van der Waals surface area contributed by atoms with Crippen molar-refractivity contribution in [1.29, 1.82) is 0 Å². The van der Waals surface area contributed by atoms with Gasteiger partial charge < -0.3 is 46.1 Å². The molecule has 0 spiro atoms. The first kappa shape index (κ1) is 37.3. The highest BCUT2D eigenvalue weighted by molar-refractivity contribution is 6.30. The number of pyridine rings is 1. The molecule has 7 N–H and O–H groups in total. The topological polar surface area (TPSA) is 203 Å². The second-order valence-corrected chi connectivity index (χ2v) is 14.4. The number of carbonyl (C=O) groups is 2. The minimum atomic E-state index is -1.57. The van der Waals surface area contributed by atoms with Crippen molar-refractivity contribution >= 4 is 63.8 Å². The molecule has 3 aromatic heterocycles. The van der Waals surface area contributed by atoms with Crippen LogP contribution < -0.4 is 26.2 Å². The molecule has 1 aliphatic heterocycles. The maximum Gasteiger partial charge on any atom is 0.319 e. The summed E-state index contributed by atoms with van der Waals surface area (Å²) in [5.41, 5.74) is 0.860. The van der Waals surface area contributed by atoms with Crippen molar-refractivity contribution in [2.75, 3.05) is 35.2 Å². The van der Waals surface area contributed by atoms with Gasteiger partial charge in [0, 0.05) is 41.8 Å². The molecule has 1 aliphatic carbocycles. The van der Waals surface area contributed by atoms with Gasteiger partial charge in [0.2, 0.25) is 11.9 Å². The van der Waals surface area contributed by atoms with E-state index in [1.54, 1.807) is 84.5 Å². The molecule has 0 bridgehead atoms. The lowest BCUT2D eigenvalue weighted by molar-refractivity contribution is -0.122. The number of amides is 3. The van der Waals surface area contributed by atoms with Gasteiger partial charge in [0.05, 0.1) is 36.8 Å². The van der Waals surface area contributed by atoms with Crippen molar-refractivity contribution < 1.29 is 24.9 Å². The maximum absolute atomic E-state index is 12.8. The number of anilines is 3. The van der Waals surface area contributed by atoms with Crippen LogP contribution in [0.3, 0.4) is 0 Å². The Kier molecular flexibility index (Phi) is 10.9. The van der Waals surface area contributed by atoms with E-state index in [0.717, 1.165) is 0 Å². The fourth-order valence-corrected chi connectivity index (χ4v) is 7.28. The number of urea groups is 1. The number of nitrogens with zero attached hydrogens (tertiary/aromatic N) is 6. The van der Waals surface area contributed by atoms with Gasteiger partial charge in [-0.1, -0.05) is 54.4 Å². The molecular formula is C37H40Cl2N10O5. The molecule has 0 radical (unpaired) electrons. The van der Waals surface area contributed by atoms with Crippen LogP contribution in [0, 0.1) is 0 Å². The Bertz CT molecular complexity index is 2060. The summed E-state index contributed by atoms with van der Waals surface area (Å²) >= 11 is 12.4. The van der Waals surface area contributed by atoms with Crippen LogP contribution in [0.5, 0.6) is 0 Å². The van der Waals surface area contributed by atoms with E-state index in [1.165, 1.54) is 6.33 Å². The molecule has 3 amide bonds. The molecule has 54 heavy (non-hydrogen) atoms. The number of aliphatic hydroxyl groups excluding tert-OH is 2. The maximum atomic E-state index is 12.8. The monoisotopic (exact) mass is 774 g/mol. The third-order valence-electron chi connectivity index (χ3n) is 9.97. The zero-order chi connectivity index (χ0) is 38.0. The highest BCUT2D eigenvalue weighted by Gasteiger charge is 2.44. The first-order chi connectivity index (χ1) is 26.0. The largest absolute Gasteiger partial charge is 0.388 e. The van der Waals surface area contributed by atoms with E-state index in [4.69, 9.17) is 33.2 Å². The van der Waals surface area contributed by atoms with E-state index in [2.05, 4.69) is 31.2 Å². The number of aliphatic hydroxyl groups is 3. The van der Waals surface area contributed by atoms with Gasteiger partial charge in [0.15, 0.2) is 17.0 Å². The van der Waals surface area contributed by atoms with E-state index < -0.39 is 29.9 Å². The van der Waals surface area contributed by atoms with E-state index in [1.807, 2.05) is 4.90 Å². The van der Waals surface area contributed by atoms with E-state index in [9.17, 15) is 24.9 Å². The summed E-state index contributed by atoms with van der Waals surface area (Å²) in [4.78, 5) is 45.4. The number of imidazole rings is 1. The van der Waals surface area contributed by atoms with Gasteiger partial charge in [-0.2, -0.15) is 9.97 Å². The van der Waals surface area contributed by atoms with Crippen molar-refractivity contribution in [2.45, 2.75) is 62.1 Å². The van der Waals surface area contributed by atoms with Crippen LogP contribution in [-0.2, 0) is 10.4 Å². The second kappa shape index (κ2) is 15.7. The standard InChI is InChI=1S/C37H40Cl2N10O5/c1-2-29(50)45-27-16-28(32(52)31(27)51)49-20-42-30-33(41-19-37(54,21-5-9-23(38)10-6-21)22-7-11-24(39)12-8-22)46-35(47-34(30)49)48-15-13-26(18-48)44-36(53)43-25-4-3-14-40-17-25/h3-12,14,17,20,26-28,31-32,51-52,54H,2,13,15-16,18-19H2,1H3,(H,45,50)(H,41,46,47)(H2,43,44,53)/t26?,27-,28+,31+,32-/m0/s1. The molecule has 4 heterocycles. The number of fused-ring (bicyclic) bond motifs is 1. The predicted molar refractivity (Wildman–Crippen MR) is 205 cm³/mol. The third-order valence-corrected chi connectivity index (χ3v) is 10.5. The first-order valence-electron chi connectivity index (χ1n) is 17.6. The van der Waals surface area contributed by atoms with Crippen LogP contribution in [-0.4, -0.2) is 95.7 Å². The summed E-state index contributed by atoms with van der Waals surface area (Å²) in [6.45, 7) is 2.58. The minimum Gasteiger partial charge on any atom is -0.388 e. The van der Waals surface area contributed by atoms with Crippen LogP contribution in [0.25, 0.3) is 11.2 Å². The van der Waals surface area contributed by atoms with Crippen molar-refractivity contribution in [3.8, 4) is 0 Å². The molecule has 15 nitrogen and oxygen atoms in total. The van der Waals surface area contributed by atoms with Crippen molar-refractivity contribution in [3.63, 3.8) is 0 Å². The summed E-state index contributed by atoms with van der Waals surface area (Å²) in [6.07, 6.45) is 3.36. The first-order valence-corrected chi connectivity index (χ1v) is 18.4. The van der Waals surface area contributed by atoms with Gasteiger partial charge in [-0.3, -0.25) is 9.78 Å². The average molecular weight is 776 g/mol. The molecular weight excluding hydrogens is 735 g/mol. The SMILES string of the molecule is CCC(=O)N[C@H]1C[C@@H](n2cnc3c(NCC(O)(c4ccc(Cl)cc4)c4ccc(Cl)cc4)nc(N4CCC(NC(=O)Nc5cccnc5)C4)nc32)[C@H](O)[C@@H]1O. The van der Waals surface area contributed by atoms with Crippen molar-refractivity contribution in [2.24, 2.45) is 0 Å². The van der Waals surface area contributed by atoms with Crippen LogP contribution in [0.4, 0.5) is 22.2 Å². The fourth-order valence-electron chi connectivity index (χ4n) is 7.03. The van der Waals surface area contributed by atoms with Gasteiger partial charge >= 0.3 is 6.03 Å². The predicted octanol–water partition coefficient (Wildman–Crippen LogP) is 3.84. The summed E-state index contributed by atoms with van der Waals surface area (Å²) < 4.78 is 1.69. The molecule has 5 atom stereocenters. The Hall–Kier alpha value is -5.06. The van der Waals surface area contributed by atoms with E-state index >= 15 is 0 Å². The molecule has 2 aliphatic rings. The highest BCUT2D eigenvalue weighted by atomic mass is 35.5. The molecule has 2 fully saturated rings. The van der Waals surface area contributed by atoms with Crippen LogP contribution in [0.15, 0.2) is 79.4 Å². The highest BCUT2D eigenvalue weighted by Crippen LogP contribution is 2.36. The molecule has 17 heteroatoms. The third kappa shape index (κ3) is 7.77. The summed E-state index contributed by atoms with van der Waals surface area (Å²) in [7, 11) is 0. The number of aromatic nitrogens is 5. The average Bonchev–Trinajstić information content (AvgIpc) is 3.89. The summed E-state index contributed by atoms with van der Waals surface area (Å²) in [5, 5.41) is 47.4. The minimum absolute atomic E-state index is 0.0523. The smallest absolute Gasteiger partial charge is 0.319 e. The molecule has 7 rings (SSSR count). The number of hydrogen-bond donors (Lipinski definition) is 7. The van der Waals surface area contributed by atoms with E-state index in [-0.39, 0.29) is 37.4 Å². The zero-order valence-electron chi connectivity index (χ0n) is 29.2. The Morgan fingerprint density at radius 1 is 0.963 bits per heavy atom. The van der Waals surface area contributed by atoms with Crippen LogP contribution in [0.1, 0.15) is 43.4 Å². The van der Waals surface area contributed by atoms with Gasteiger partial charge in [0.1, 0.15) is 17.8 Å². The molecule has 1 unspecified atom stereocenters. The summed E-state index contributed by atoms with van der Waals surface area (Å²) in [6, 6.07) is 15.3.